The molecule has 35 heavy (non-hydrogen) atoms. The van der Waals surface area contributed by atoms with Crippen molar-refractivity contribution in [2.45, 2.75) is 11.7 Å². The Balaban J connectivity index is 1.42. The number of amides is 1. The van der Waals surface area contributed by atoms with Crippen LogP contribution in [0, 0.1) is 3.57 Å². The number of thioether (sulfide) groups is 1. The number of carbonyl (C=O) groups excluding carboxylic acids is 1. The highest BCUT2D eigenvalue weighted by Crippen LogP contribution is 2.23. The minimum atomic E-state index is -0.280. The van der Waals surface area contributed by atoms with E-state index in [1.54, 1.807) is 18.2 Å². The Morgan fingerprint density at radius 1 is 1.06 bits per heavy atom. The van der Waals surface area contributed by atoms with Gasteiger partial charge in [-0.2, -0.15) is 5.10 Å². The molecule has 0 fully saturated rings. The number of rotatable bonds is 9. The predicted octanol–water partition coefficient (Wildman–Crippen LogP) is 6.03. The first-order valence-corrected chi connectivity index (χ1v) is 13.2. The van der Waals surface area contributed by atoms with E-state index in [0.717, 1.165) is 20.8 Å². The molecule has 0 bridgehead atoms. The number of carbonyl (C=O) groups is 1. The van der Waals surface area contributed by atoms with Gasteiger partial charge in [-0.05, 0) is 71.1 Å². The smallest absolute Gasteiger partial charge is 0.250 e. The maximum absolute atomic E-state index is 12.4. The summed E-state index contributed by atoms with van der Waals surface area (Å²) in [5.74, 6) is 0.562. The first-order chi connectivity index (χ1) is 17.0. The molecular weight excluding hydrogens is 618 g/mol. The lowest BCUT2D eigenvalue weighted by atomic mass is 10.2. The fraction of sp³-hybridized carbons (Fsp3) is 0.0833. The number of hydrazone groups is 1. The van der Waals surface area contributed by atoms with Gasteiger partial charge in [-0.15, -0.1) is 10.2 Å². The van der Waals surface area contributed by atoms with Crippen LogP contribution < -0.4 is 10.7 Å². The van der Waals surface area contributed by atoms with Gasteiger partial charge in [-0.3, -0.25) is 9.36 Å². The summed E-state index contributed by atoms with van der Waals surface area (Å²) in [4.78, 5) is 12.4. The van der Waals surface area contributed by atoms with Gasteiger partial charge in [0.15, 0.2) is 11.0 Å². The van der Waals surface area contributed by atoms with Crippen molar-refractivity contribution in [2.24, 2.45) is 5.10 Å². The average Bonchev–Trinajstić information content (AvgIpc) is 3.27. The number of aromatic nitrogens is 3. The van der Waals surface area contributed by atoms with Crippen molar-refractivity contribution >= 4 is 75.4 Å². The zero-order chi connectivity index (χ0) is 24.6. The fourth-order valence-corrected chi connectivity index (χ4v) is 4.62. The molecule has 0 atom stereocenters. The monoisotopic (exact) mass is 636 g/mol. The van der Waals surface area contributed by atoms with Gasteiger partial charge in [-0.25, -0.2) is 5.43 Å². The zero-order valence-corrected chi connectivity index (χ0v) is 22.6. The molecule has 4 rings (SSSR count). The second kappa shape index (κ2) is 12.4. The number of anilines is 1. The molecule has 0 spiro atoms. The molecule has 2 N–H and O–H groups in total. The number of nitrogens with one attached hydrogen (secondary N) is 2. The van der Waals surface area contributed by atoms with Crippen LogP contribution in [0.25, 0.3) is 5.69 Å². The molecule has 178 valence electrons. The highest BCUT2D eigenvalue weighted by molar-refractivity contribution is 14.1. The molecule has 1 aromatic heterocycles. The third kappa shape index (κ3) is 7.20. The first-order valence-electron chi connectivity index (χ1n) is 10.4. The van der Waals surface area contributed by atoms with Crippen LogP contribution in [0.2, 0.25) is 10.0 Å². The van der Waals surface area contributed by atoms with Crippen LogP contribution in [0.5, 0.6) is 0 Å². The zero-order valence-electron chi connectivity index (χ0n) is 18.2. The van der Waals surface area contributed by atoms with Crippen molar-refractivity contribution < 1.29 is 4.79 Å². The van der Waals surface area contributed by atoms with E-state index in [0.29, 0.717) is 27.3 Å². The van der Waals surface area contributed by atoms with Gasteiger partial charge in [-0.1, -0.05) is 59.2 Å². The Kier molecular flexibility index (Phi) is 9.02. The predicted molar refractivity (Wildman–Crippen MR) is 151 cm³/mol. The Bertz CT molecular complexity index is 1330. The molecule has 0 unspecified atom stereocenters. The van der Waals surface area contributed by atoms with E-state index in [9.17, 15) is 4.79 Å². The van der Waals surface area contributed by atoms with Crippen molar-refractivity contribution in [3.05, 3.63) is 97.8 Å². The van der Waals surface area contributed by atoms with E-state index < -0.39 is 0 Å². The van der Waals surface area contributed by atoms with Gasteiger partial charge in [0.2, 0.25) is 0 Å². The van der Waals surface area contributed by atoms with E-state index in [-0.39, 0.29) is 11.7 Å². The number of halogens is 3. The molecule has 0 saturated carbocycles. The first kappa shape index (κ1) is 25.5. The van der Waals surface area contributed by atoms with Gasteiger partial charge >= 0.3 is 0 Å². The maximum Gasteiger partial charge on any atom is 0.250 e. The lowest BCUT2D eigenvalue weighted by molar-refractivity contribution is -0.118. The van der Waals surface area contributed by atoms with Crippen LogP contribution in [0.3, 0.4) is 0 Å². The second-order valence-corrected chi connectivity index (χ2v) is 10.2. The lowest BCUT2D eigenvalue weighted by Gasteiger charge is -2.11. The molecule has 11 heteroatoms. The fourth-order valence-electron chi connectivity index (χ4n) is 3.04. The molecule has 0 aliphatic heterocycles. The Hall–Kier alpha value is -2.60. The number of benzene rings is 3. The Morgan fingerprint density at radius 2 is 1.83 bits per heavy atom. The average molecular weight is 637 g/mol. The summed E-state index contributed by atoms with van der Waals surface area (Å²) < 4.78 is 3.10. The minimum Gasteiger partial charge on any atom is -0.378 e. The molecule has 3 aromatic carbocycles. The highest BCUT2D eigenvalue weighted by atomic mass is 127. The van der Waals surface area contributed by atoms with Crippen molar-refractivity contribution in [3.63, 3.8) is 0 Å². The third-order valence-corrected chi connectivity index (χ3v) is 6.91. The minimum absolute atomic E-state index is 0.112. The molecule has 1 heterocycles. The van der Waals surface area contributed by atoms with Gasteiger partial charge in [0.1, 0.15) is 0 Å². The quantitative estimate of drug-likeness (QED) is 0.101. The van der Waals surface area contributed by atoms with E-state index in [1.165, 1.54) is 18.0 Å². The van der Waals surface area contributed by atoms with Gasteiger partial charge in [0.05, 0.1) is 23.5 Å². The van der Waals surface area contributed by atoms with Crippen LogP contribution in [0.15, 0.2) is 83.1 Å². The largest absolute Gasteiger partial charge is 0.378 e. The summed E-state index contributed by atoms with van der Waals surface area (Å²) in [7, 11) is 0. The molecule has 4 aromatic rings. The van der Waals surface area contributed by atoms with Crippen molar-refractivity contribution in [3.8, 4) is 5.69 Å². The van der Waals surface area contributed by atoms with E-state index in [2.05, 4.69) is 48.6 Å². The summed E-state index contributed by atoms with van der Waals surface area (Å²) >= 11 is 15.6. The topological polar surface area (TPSA) is 84.2 Å². The molecule has 7 nitrogen and oxygen atoms in total. The van der Waals surface area contributed by atoms with Crippen LogP contribution in [0.4, 0.5) is 5.69 Å². The van der Waals surface area contributed by atoms with Crippen molar-refractivity contribution in [1.82, 2.24) is 20.2 Å². The molecule has 0 aliphatic carbocycles. The summed E-state index contributed by atoms with van der Waals surface area (Å²) in [5.41, 5.74) is 5.06. The Labute approximate surface area is 230 Å². The Morgan fingerprint density at radius 3 is 2.57 bits per heavy atom. The van der Waals surface area contributed by atoms with Crippen LogP contribution in [-0.2, 0) is 11.3 Å². The standard InChI is InChI=1S/C24H19Cl2IN6OS/c25-17-7-6-16(21(26)12-17)13-29-31-23(34)15-35-24-32-30-22(33(24)20-4-2-1-3-5-20)14-28-19-10-8-18(27)9-11-19/h1-13,28H,14-15H2,(H,31,34)/b29-13+. The summed E-state index contributed by atoms with van der Waals surface area (Å²) in [6.07, 6.45) is 1.47. The molecule has 0 saturated heterocycles. The summed E-state index contributed by atoms with van der Waals surface area (Å²) in [5, 5.41) is 17.6. The van der Waals surface area contributed by atoms with Crippen LogP contribution in [-0.4, -0.2) is 32.6 Å². The van der Waals surface area contributed by atoms with E-state index >= 15 is 0 Å². The SMILES string of the molecule is O=C(CSc1nnc(CNc2ccc(I)cc2)n1-c1ccccc1)N/N=C/c1ccc(Cl)cc1Cl. The number of hydrogen-bond acceptors (Lipinski definition) is 6. The van der Waals surface area contributed by atoms with Crippen molar-refractivity contribution in [2.75, 3.05) is 11.1 Å². The molecule has 1 amide bonds. The summed E-state index contributed by atoms with van der Waals surface area (Å²) in [6, 6.07) is 22.9. The van der Waals surface area contributed by atoms with Gasteiger partial charge in [0, 0.05) is 25.5 Å². The van der Waals surface area contributed by atoms with E-state index in [4.69, 9.17) is 23.2 Å². The van der Waals surface area contributed by atoms with E-state index in [1.807, 2.05) is 59.2 Å². The van der Waals surface area contributed by atoms with Gasteiger partial charge < -0.3 is 5.32 Å². The molecular formula is C24H19Cl2IN6OS. The van der Waals surface area contributed by atoms with Gasteiger partial charge in [0.25, 0.3) is 5.91 Å². The summed E-state index contributed by atoms with van der Waals surface area (Å²) in [6.45, 7) is 0.474. The number of nitrogens with zero attached hydrogens (tertiary/aromatic N) is 4. The third-order valence-electron chi connectivity index (χ3n) is 4.70. The highest BCUT2D eigenvalue weighted by Gasteiger charge is 2.16. The number of para-hydroxylation sites is 1. The lowest BCUT2D eigenvalue weighted by Crippen LogP contribution is -2.20. The molecule has 0 radical (unpaired) electrons. The second-order valence-electron chi connectivity index (χ2n) is 7.18. The molecule has 0 aliphatic rings. The normalized spacial score (nSPS) is 11.1. The maximum atomic E-state index is 12.4. The number of hydrogen-bond donors (Lipinski definition) is 2. The van der Waals surface area contributed by atoms with Crippen LogP contribution in [0.1, 0.15) is 11.4 Å². The van der Waals surface area contributed by atoms with Crippen LogP contribution >= 0.6 is 57.6 Å². The van der Waals surface area contributed by atoms with Crippen molar-refractivity contribution in [1.29, 1.82) is 0 Å².